The van der Waals surface area contributed by atoms with Crippen LogP contribution in [0.1, 0.15) is 95.9 Å². The maximum Gasteiger partial charge on any atom is 0.168 e. The fraction of sp³-hybridized carbons (Fsp3) is 0.280. The van der Waals surface area contributed by atoms with Gasteiger partial charge in [-0.15, -0.1) is 10.2 Å². The number of benzene rings is 7. The summed E-state index contributed by atoms with van der Waals surface area (Å²) in [4.78, 5) is 0. The zero-order valence-corrected chi connectivity index (χ0v) is 32.0. The monoisotopic (exact) mass is 691 g/mol. The molecule has 0 spiro atoms. The van der Waals surface area contributed by atoms with Crippen LogP contribution in [-0.2, 0) is 16.2 Å². The first-order chi connectivity index (χ1) is 25.5. The van der Waals surface area contributed by atoms with Gasteiger partial charge in [0.05, 0.1) is 0 Å². The van der Waals surface area contributed by atoms with Gasteiger partial charge in [-0.2, -0.15) is 0 Å². The molecule has 0 saturated heterocycles. The molecule has 0 amide bonds. The lowest BCUT2D eigenvalue weighted by atomic mass is 9.64. The highest BCUT2D eigenvalue weighted by molar-refractivity contribution is 6.24. The molecule has 1 aliphatic rings. The second kappa shape index (κ2) is 12.4. The van der Waals surface area contributed by atoms with Gasteiger partial charge in [-0.1, -0.05) is 176 Å². The Labute approximate surface area is 314 Å². The Morgan fingerprint density at radius 3 is 1.70 bits per heavy atom. The summed E-state index contributed by atoms with van der Waals surface area (Å²) < 4.78 is 2.24. The average Bonchev–Trinajstić information content (AvgIpc) is 3.62. The molecule has 0 atom stereocenters. The molecular weight excluding hydrogens is 643 g/mol. The van der Waals surface area contributed by atoms with E-state index in [0.29, 0.717) is 0 Å². The molecule has 1 aliphatic carbocycles. The van der Waals surface area contributed by atoms with Crippen molar-refractivity contribution in [1.29, 1.82) is 0 Å². The summed E-state index contributed by atoms with van der Waals surface area (Å²) in [5.74, 6) is 1.70. The van der Waals surface area contributed by atoms with Gasteiger partial charge in [-0.05, 0) is 90.4 Å². The van der Waals surface area contributed by atoms with Crippen molar-refractivity contribution in [3.05, 3.63) is 150 Å². The maximum absolute atomic E-state index is 4.81. The minimum absolute atomic E-state index is 0.0588. The Kier molecular flexibility index (Phi) is 7.85. The normalized spacial score (nSPS) is 15.1. The van der Waals surface area contributed by atoms with Gasteiger partial charge in [0, 0.05) is 22.2 Å². The van der Waals surface area contributed by atoms with Gasteiger partial charge in [0.2, 0.25) is 0 Å². The van der Waals surface area contributed by atoms with Crippen LogP contribution < -0.4 is 0 Å². The lowest BCUT2D eigenvalue weighted by Crippen LogP contribution is -2.30. The van der Waals surface area contributed by atoms with Crippen LogP contribution in [0.2, 0.25) is 0 Å². The van der Waals surface area contributed by atoms with E-state index in [0.717, 1.165) is 41.3 Å². The van der Waals surface area contributed by atoms with Crippen molar-refractivity contribution in [2.45, 2.75) is 89.9 Å². The highest BCUT2D eigenvalue weighted by Gasteiger charge is 2.37. The molecular formula is C50H49N3. The second-order valence-corrected chi connectivity index (χ2v) is 17.5. The minimum atomic E-state index is -0.0588. The smallest absolute Gasteiger partial charge is 0.168 e. The molecule has 0 bridgehead atoms. The van der Waals surface area contributed by atoms with Crippen LogP contribution in [-0.4, -0.2) is 14.8 Å². The molecule has 8 aromatic rings. The molecule has 0 unspecified atom stereocenters. The first-order valence-electron chi connectivity index (χ1n) is 19.5. The quantitative estimate of drug-likeness (QED) is 0.168. The van der Waals surface area contributed by atoms with E-state index >= 15 is 0 Å². The Morgan fingerprint density at radius 1 is 0.509 bits per heavy atom. The van der Waals surface area contributed by atoms with Crippen molar-refractivity contribution < 1.29 is 0 Å². The maximum atomic E-state index is 4.81. The fourth-order valence-electron chi connectivity index (χ4n) is 9.08. The summed E-state index contributed by atoms with van der Waals surface area (Å²) in [5.41, 5.74) is 8.87. The number of rotatable bonds is 5. The van der Waals surface area contributed by atoms with Crippen LogP contribution >= 0.6 is 0 Å². The van der Waals surface area contributed by atoms with E-state index in [1.54, 1.807) is 0 Å². The molecule has 3 heteroatoms. The lowest BCUT2D eigenvalue weighted by molar-refractivity contribution is 0.348. The summed E-state index contributed by atoms with van der Waals surface area (Å²) in [6.45, 7) is 13.7. The Balaban J connectivity index is 1.19. The van der Waals surface area contributed by atoms with Crippen LogP contribution in [0.4, 0.5) is 0 Å². The predicted octanol–water partition coefficient (Wildman–Crippen LogP) is 13.3. The van der Waals surface area contributed by atoms with Crippen molar-refractivity contribution >= 4 is 32.3 Å². The van der Waals surface area contributed by atoms with Crippen molar-refractivity contribution in [1.82, 2.24) is 14.8 Å². The molecule has 1 fully saturated rings. The molecule has 53 heavy (non-hydrogen) atoms. The SMILES string of the molecule is CC(C)(C)c1ccc(-c2nnc(-c3ccccc3)n2-c2ccc(C3(c4ccc5ccc6cc(C(C)(C)C)cc7ccc4c5c67)CCCCC3)cc2)cc1. The van der Waals surface area contributed by atoms with Crippen LogP contribution in [0.15, 0.2) is 127 Å². The van der Waals surface area contributed by atoms with Crippen LogP contribution in [0.5, 0.6) is 0 Å². The summed E-state index contributed by atoms with van der Waals surface area (Å²) in [5, 5.41) is 17.8. The first-order valence-corrected chi connectivity index (χ1v) is 19.5. The molecule has 3 nitrogen and oxygen atoms in total. The molecule has 1 saturated carbocycles. The van der Waals surface area contributed by atoms with Gasteiger partial charge in [0.25, 0.3) is 0 Å². The van der Waals surface area contributed by atoms with Gasteiger partial charge in [-0.25, -0.2) is 0 Å². The van der Waals surface area contributed by atoms with E-state index in [1.165, 1.54) is 73.8 Å². The van der Waals surface area contributed by atoms with Gasteiger partial charge >= 0.3 is 0 Å². The van der Waals surface area contributed by atoms with Gasteiger partial charge < -0.3 is 0 Å². The van der Waals surface area contributed by atoms with E-state index in [1.807, 2.05) is 0 Å². The summed E-state index contributed by atoms with van der Waals surface area (Å²) in [7, 11) is 0. The highest BCUT2D eigenvalue weighted by Crippen LogP contribution is 2.49. The number of hydrogen-bond acceptors (Lipinski definition) is 2. The molecule has 0 radical (unpaired) electrons. The molecule has 7 aromatic carbocycles. The summed E-state index contributed by atoms with van der Waals surface area (Å²) in [6, 6.07) is 47.8. The van der Waals surface area contributed by atoms with E-state index in [2.05, 4.69) is 174 Å². The summed E-state index contributed by atoms with van der Waals surface area (Å²) in [6.07, 6.45) is 6.06. The van der Waals surface area contributed by atoms with E-state index in [9.17, 15) is 0 Å². The lowest BCUT2D eigenvalue weighted by Gasteiger charge is -2.40. The molecule has 1 aromatic heterocycles. The van der Waals surface area contributed by atoms with Crippen molar-refractivity contribution in [2.24, 2.45) is 0 Å². The molecule has 0 N–H and O–H groups in total. The largest absolute Gasteiger partial charge is 0.275 e. The number of hydrogen-bond donors (Lipinski definition) is 0. The number of nitrogens with zero attached hydrogens (tertiary/aromatic N) is 3. The second-order valence-electron chi connectivity index (χ2n) is 17.5. The Hall–Kier alpha value is -5.28. The van der Waals surface area contributed by atoms with E-state index in [4.69, 9.17) is 10.2 Å². The van der Waals surface area contributed by atoms with Crippen molar-refractivity contribution in [3.63, 3.8) is 0 Å². The zero-order valence-electron chi connectivity index (χ0n) is 32.0. The zero-order chi connectivity index (χ0) is 36.5. The average molecular weight is 692 g/mol. The van der Waals surface area contributed by atoms with Crippen LogP contribution in [0, 0.1) is 0 Å². The van der Waals surface area contributed by atoms with Gasteiger partial charge in [0.15, 0.2) is 11.6 Å². The van der Waals surface area contributed by atoms with Gasteiger partial charge in [0.1, 0.15) is 0 Å². The molecule has 9 rings (SSSR count). The topological polar surface area (TPSA) is 30.7 Å². The predicted molar refractivity (Wildman–Crippen MR) is 224 cm³/mol. The van der Waals surface area contributed by atoms with Crippen molar-refractivity contribution in [3.8, 4) is 28.5 Å². The van der Waals surface area contributed by atoms with E-state index < -0.39 is 0 Å². The third-order valence-corrected chi connectivity index (χ3v) is 12.1. The third kappa shape index (κ3) is 5.64. The Bertz CT molecular complexity index is 2550. The highest BCUT2D eigenvalue weighted by atomic mass is 15.3. The molecule has 0 aliphatic heterocycles. The minimum Gasteiger partial charge on any atom is -0.275 e. The van der Waals surface area contributed by atoms with E-state index in [-0.39, 0.29) is 16.2 Å². The first kappa shape index (κ1) is 33.5. The van der Waals surface area contributed by atoms with Gasteiger partial charge in [-0.3, -0.25) is 4.57 Å². The Morgan fingerprint density at radius 2 is 1.08 bits per heavy atom. The molecule has 1 heterocycles. The van der Waals surface area contributed by atoms with Crippen LogP contribution in [0.25, 0.3) is 60.8 Å². The van der Waals surface area contributed by atoms with Crippen LogP contribution in [0.3, 0.4) is 0 Å². The molecule has 264 valence electrons. The summed E-state index contributed by atoms with van der Waals surface area (Å²) >= 11 is 0. The fourth-order valence-corrected chi connectivity index (χ4v) is 9.08. The standard InChI is InChI=1S/C50H49N3/c1-48(2,3)38-21-17-35(18-22-38)47-52-51-46(34-13-9-7-10-14-34)53(47)41-25-23-39(24-26-41)50(29-11-8-12-30-50)43-28-20-33-15-16-36-31-40(49(4,5)6)32-37-19-27-42(43)45(33)44(36)37/h7,9-10,13-28,31-32H,8,11-12,29-30H2,1-6H3. The third-order valence-electron chi connectivity index (χ3n) is 12.1. The van der Waals surface area contributed by atoms with Crippen molar-refractivity contribution in [2.75, 3.05) is 0 Å². The number of aromatic nitrogens is 3.